The van der Waals surface area contributed by atoms with Gasteiger partial charge in [0, 0.05) is 24.2 Å². The van der Waals surface area contributed by atoms with E-state index in [9.17, 15) is 4.79 Å². The highest BCUT2D eigenvalue weighted by atomic mass is 32.1. The second-order valence-corrected chi connectivity index (χ2v) is 6.21. The number of hydrogen-bond donors (Lipinski definition) is 0. The number of aromatic nitrogens is 2. The van der Waals surface area contributed by atoms with Gasteiger partial charge in [0.1, 0.15) is 6.07 Å². The van der Waals surface area contributed by atoms with Crippen molar-refractivity contribution in [2.75, 3.05) is 13.1 Å². The monoisotopic (exact) mass is 286 g/mol. The van der Waals surface area contributed by atoms with E-state index >= 15 is 0 Å². The maximum atomic E-state index is 12.4. The Kier molecular flexibility index (Phi) is 3.28. The van der Waals surface area contributed by atoms with Crippen LogP contribution < -0.4 is 0 Å². The van der Waals surface area contributed by atoms with Crippen LogP contribution in [-0.2, 0) is 0 Å². The van der Waals surface area contributed by atoms with Crippen molar-refractivity contribution in [3.63, 3.8) is 0 Å². The Labute approximate surface area is 121 Å². The van der Waals surface area contributed by atoms with Crippen LogP contribution in [-0.4, -0.2) is 33.7 Å². The molecule has 0 N–H and O–H groups in total. The molecular weight excluding hydrogens is 272 g/mol. The average molecular weight is 286 g/mol. The fraction of sp³-hybridized carbons (Fsp3) is 0.357. The molecule has 0 spiro atoms. The zero-order valence-corrected chi connectivity index (χ0v) is 11.9. The highest BCUT2D eigenvalue weighted by Crippen LogP contribution is 2.25. The number of carbonyl (C=O) groups is 1. The Hall–Kier alpha value is -2.13. The molecule has 1 fully saturated rings. The van der Waals surface area contributed by atoms with Crippen LogP contribution >= 0.6 is 11.3 Å². The third kappa shape index (κ3) is 2.32. The second kappa shape index (κ2) is 5.10. The minimum Gasteiger partial charge on any atom is -0.336 e. The zero-order chi connectivity index (χ0) is 14.1. The van der Waals surface area contributed by atoms with Gasteiger partial charge in [-0.05, 0) is 25.5 Å². The summed E-state index contributed by atoms with van der Waals surface area (Å²) in [5, 5.41) is 13.0. The summed E-state index contributed by atoms with van der Waals surface area (Å²) in [6, 6.07) is 6.10. The fourth-order valence-corrected chi connectivity index (χ4v) is 3.28. The number of rotatable bonds is 2. The van der Waals surface area contributed by atoms with Crippen molar-refractivity contribution in [3.8, 4) is 6.07 Å². The Morgan fingerprint density at radius 3 is 3.05 bits per heavy atom. The summed E-state index contributed by atoms with van der Waals surface area (Å²) in [5.41, 5.74) is 0.559. The summed E-state index contributed by atoms with van der Waals surface area (Å²) in [7, 11) is 0. The van der Waals surface area contributed by atoms with E-state index in [1.165, 1.54) is 11.3 Å². The van der Waals surface area contributed by atoms with E-state index in [0.29, 0.717) is 12.1 Å². The normalized spacial score (nSPS) is 18.2. The number of aryl methyl sites for hydroxylation is 1. The molecule has 0 saturated carbocycles. The predicted octanol–water partition coefficient (Wildman–Crippen LogP) is 2.21. The molecule has 0 radical (unpaired) electrons. The Morgan fingerprint density at radius 1 is 1.55 bits per heavy atom. The number of carbonyl (C=O) groups excluding carboxylic acids is 1. The van der Waals surface area contributed by atoms with Gasteiger partial charge in [-0.2, -0.15) is 10.4 Å². The smallest absolute Gasteiger partial charge is 0.264 e. The third-order valence-electron chi connectivity index (χ3n) is 3.51. The first-order valence-corrected chi connectivity index (χ1v) is 7.29. The molecule has 3 heterocycles. The fourth-order valence-electron chi connectivity index (χ4n) is 2.44. The first kappa shape index (κ1) is 12.9. The van der Waals surface area contributed by atoms with E-state index in [-0.39, 0.29) is 11.9 Å². The minimum absolute atomic E-state index is 0.0956. The van der Waals surface area contributed by atoms with Gasteiger partial charge in [-0.3, -0.25) is 9.48 Å². The molecule has 5 nitrogen and oxygen atoms in total. The van der Waals surface area contributed by atoms with E-state index in [0.717, 1.165) is 22.7 Å². The Bertz CT molecular complexity index is 681. The molecule has 2 aromatic rings. The summed E-state index contributed by atoms with van der Waals surface area (Å²) in [6.45, 7) is 3.39. The Balaban J connectivity index is 1.70. The molecule has 0 aromatic carbocycles. The number of amides is 1. The van der Waals surface area contributed by atoms with Crippen LogP contribution in [0.25, 0.3) is 0 Å². The van der Waals surface area contributed by atoms with Gasteiger partial charge < -0.3 is 4.90 Å². The van der Waals surface area contributed by atoms with Gasteiger partial charge in [0.2, 0.25) is 0 Å². The summed E-state index contributed by atoms with van der Waals surface area (Å²) < 4.78 is 1.80. The molecule has 0 aliphatic carbocycles. The van der Waals surface area contributed by atoms with Gasteiger partial charge in [-0.25, -0.2) is 0 Å². The SMILES string of the molecule is Cc1ccc(C(=O)N2CCC(n3cc(C#N)cn3)C2)s1. The highest BCUT2D eigenvalue weighted by molar-refractivity contribution is 7.13. The molecule has 1 atom stereocenters. The lowest BCUT2D eigenvalue weighted by Gasteiger charge is -2.15. The maximum Gasteiger partial charge on any atom is 0.264 e. The molecule has 1 aliphatic rings. The zero-order valence-electron chi connectivity index (χ0n) is 11.1. The van der Waals surface area contributed by atoms with Gasteiger partial charge in [0.05, 0.1) is 22.7 Å². The van der Waals surface area contributed by atoms with Crippen LogP contribution in [0.2, 0.25) is 0 Å². The van der Waals surface area contributed by atoms with Crippen LogP contribution in [0.15, 0.2) is 24.5 Å². The van der Waals surface area contributed by atoms with E-state index < -0.39 is 0 Å². The van der Waals surface area contributed by atoms with Crippen molar-refractivity contribution in [1.82, 2.24) is 14.7 Å². The van der Waals surface area contributed by atoms with Crippen molar-refractivity contribution in [2.24, 2.45) is 0 Å². The summed E-state index contributed by atoms with van der Waals surface area (Å²) in [6.07, 6.45) is 4.18. The number of likely N-dealkylation sites (tertiary alicyclic amines) is 1. The standard InChI is InChI=1S/C14H14N4OS/c1-10-2-3-13(20-10)14(19)17-5-4-12(9-17)18-8-11(6-15)7-16-18/h2-3,7-8,12H,4-5,9H2,1H3. The molecule has 1 aliphatic heterocycles. The topological polar surface area (TPSA) is 61.9 Å². The minimum atomic E-state index is 0.0956. The summed E-state index contributed by atoms with van der Waals surface area (Å²) in [5.74, 6) is 0.0956. The largest absolute Gasteiger partial charge is 0.336 e. The van der Waals surface area contributed by atoms with Crippen LogP contribution in [0.5, 0.6) is 0 Å². The van der Waals surface area contributed by atoms with Crippen molar-refractivity contribution in [1.29, 1.82) is 5.26 Å². The second-order valence-electron chi connectivity index (χ2n) is 4.92. The van der Waals surface area contributed by atoms with Gasteiger partial charge in [-0.15, -0.1) is 11.3 Å². The molecule has 1 unspecified atom stereocenters. The van der Waals surface area contributed by atoms with Gasteiger partial charge in [0.25, 0.3) is 5.91 Å². The molecule has 3 rings (SSSR count). The van der Waals surface area contributed by atoms with Gasteiger partial charge >= 0.3 is 0 Å². The lowest BCUT2D eigenvalue weighted by molar-refractivity contribution is 0.0792. The van der Waals surface area contributed by atoms with Crippen LogP contribution in [0.3, 0.4) is 0 Å². The van der Waals surface area contributed by atoms with Crippen molar-refractivity contribution in [3.05, 3.63) is 39.8 Å². The first-order valence-electron chi connectivity index (χ1n) is 6.47. The third-order valence-corrected chi connectivity index (χ3v) is 4.50. The van der Waals surface area contributed by atoms with E-state index in [1.54, 1.807) is 17.1 Å². The molecule has 1 amide bonds. The number of nitriles is 1. The summed E-state index contributed by atoms with van der Waals surface area (Å²) >= 11 is 1.53. The van der Waals surface area contributed by atoms with Crippen molar-refractivity contribution < 1.29 is 4.79 Å². The molecule has 102 valence electrons. The Morgan fingerprint density at radius 2 is 2.40 bits per heavy atom. The number of nitrogens with zero attached hydrogens (tertiary/aromatic N) is 4. The summed E-state index contributed by atoms with van der Waals surface area (Å²) in [4.78, 5) is 16.2. The van der Waals surface area contributed by atoms with Gasteiger partial charge in [-0.1, -0.05) is 0 Å². The maximum absolute atomic E-state index is 12.4. The van der Waals surface area contributed by atoms with Crippen LogP contribution in [0, 0.1) is 18.3 Å². The number of hydrogen-bond acceptors (Lipinski definition) is 4. The van der Waals surface area contributed by atoms with E-state index in [2.05, 4.69) is 11.2 Å². The molecule has 0 bridgehead atoms. The van der Waals surface area contributed by atoms with E-state index in [4.69, 9.17) is 5.26 Å². The molecule has 20 heavy (non-hydrogen) atoms. The van der Waals surface area contributed by atoms with Crippen molar-refractivity contribution in [2.45, 2.75) is 19.4 Å². The van der Waals surface area contributed by atoms with E-state index in [1.807, 2.05) is 24.0 Å². The average Bonchev–Trinajstić information content (AvgIpc) is 3.17. The van der Waals surface area contributed by atoms with Crippen molar-refractivity contribution >= 4 is 17.2 Å². The van der Waals surface area contributed by atoms with Crippen LogP contribution in [0.1, 0.15) is 32.6 Å². The first-order chi connectivity index (χ1) is 9.67. The van der Waals surface area contributed by atoms with Crippen LogP contribution in [0.4, 0.5) is 0 Å². The number of thiophene rings is 1. The quantitative estimate of drug-likeness (QED) is 0.850. The lowest BCUT2D eigenvalue weighted by Crippen LogP contribution is -2.28. The highest BCUT2D eigenvalue weighted by Gasteiger charge is 2.29. The molecule has 2 aromatic heterocycles. The molecular formula is C14H14N4OS. The predicted molar refractivity (Wildman–Crippen MR) is 75.6 cm³/mol. The molecule has 6 heteroatoms. The van der Waals surface area contributed by atoms with Gasteiger partial charge in [0.15, 0.2) is 0 Å². The molecule has 1 saturated heterocycles. The lowest BCUT2D eigenvalue weighted by atomic mass is 10.3.